The molecular formula is C22H28N6O3S. The van der Waals surface area contributed by atoms with E-state index in [-0.39, 0.29) is 12.5 Å². The van der Waals surface area contributed by atoms with Gasteiger partial charge >= 0.3 is 0 Å². The second-order valence-corrected chi connectivity index (χ2v) is 8.40. The van der Waals surface area contributed by atoms with Gasteiger partial charge in [0.25, 0.3) is 5.91 Å². The average molecular weight is 457 g/mol. The molecule has 1 amide bonds. The number of aromatic nitrogens is 4. The van der Waals surface area contributed by atoms with Crippen molar-refractivity contribution in [2.75, 3.05) is 50.1 Å². The van der Waals surface area contributed by atoms with E-state index in [1.807, 2.05) is 41.2 Å². The fourth-order valence-corrected chi connectivity index (χ4v) is 4.07. The van der Waals surface area contributed by atoms with Crippen LogP contribution in [0.5, 0.6) is 5.75 Å². The Morgan fingerprint density at radius 2 is 2.03 bits per heavy atom. The lowest BCUT2D eigenvalue weighted by atomic mass is 10.3. The monoisotopic (exact) mass is 456 g/mol. The van der Waals surface area contributed by atoms with E-state index in [0.29, 0.717) is 32.1 Å². The van der Waals surface area contributed by atoms with Gasteiger partial charge in [-0.25, -0.2) is 14.6 Å². The zero-order valence-electron chi connectivity index (χ0n) is 18.2. The highest BCUT2D eigenvalue weighted by molar-refractivity contribution is 7.99. The summed E-state index contributed by atoms with van der Waals surface area (Å²) in [6.45, 7) is 6.04. The Kier molecular flexibility index (Phi) is 7.78. The molecule has 0 aliphatic carbocycles. The minimum absolute atomic E-state index is 0.0228. The zero-order chi connectivity index (χ0) is 22.2. The Labute approximate surface area is 191 Å². The third-order valence-electron chi connectivity index (χ3n) is 4.96. The molecule has 10 heteroatoms. The highest BCUT2D eigenvalue weighted by atomic mass is 32.2. The molecule has 0 unspecified atom stereocenters. The molecule has 1 fully saturated rings. The van der Waals surface area contributed by atoms with Crippen LogP contribution >= 0.6 is 11.8 Å². The number of fused-ring (bicyclic) bond motifs is 1. The maximum atomic E-state index is 12.1. The minimum atomic E-state index is -0.173. The molecule has 1 aliphatic rings. The third kappa shape index (κ3) is 5.68. The molecule has 0 spiro atoms. The SMILES string of the molecule is CCCSc1nc(N2CCOCC2)c2cnn(CCNC(=O)COc3ccccc3)c2n1. The zero-order valence-corrected chi connectivity index (χ0v) is 19.0. The van der Waals surface area contributed by atoms with E-state index >= 15 is 0 Å². The van der Waals surface area contributed by atoms with Crippen LogP contribution in [0.1, 0.15) is 13.3 Å². The number of ether oxygens (including phenoxy) is 2. The number of amides is 1. The summed E-state index contributed by atoms with van der Waals surface area (Å²) in [6, 6.07) is 9.29. The molecule has 1 aromatic carbocycles. The lowest BCUT2D eigenvalue weighted by Crippen LogP contribution is -2.37. The fourth-order valence-electron chi connectivity index (χ4n) is 3.38. The molecule has 4 rings (SSSR count). The highest BCUT2D eigenvalue weighted by Crippen LogP contribution is 2.28. The largest absolute Gasteiger partial charge is 0.484 e. The van der Waals surface area contributed by atoms with E-state index < -0.39 is 0 Å². The van der Waals surface area contributed by atoms with Crippen LogP contribution in [-0.4, -0.2) is 70.9 Å². The Hall–Kier alpha value is -2.85. The topological polar surface area (TPSA) is 94.4 Å². The van der Waals surface area contributed by atoms with Crippen LogP contribution in [0.4, 0.5) is 5.82 Å². The second-order valence-electron chi connectivity index (χ2n) is 7.33. The molecule has 2 aromatic heterocycles. The highest BCUT2D eigenvalue weighted by Gasteiger charge is 2.20. The standard InChI is InChI=1S/C22H28N6O3S/c1-2-14-32-22-25-20(27-10-12-30-13-11-27)18-15-24-28(21(18)26-22)9-8-23-19(29)16-31-17-6-4-3-5-7-17/h3-7,15H,2,8-14,16H2,1H3,(H,23,29). The smallest absolute Gasteiger partial charge is 0.258 e. The van der Waals surface area contributed by atoms with E-state index in [1.165, 1.54) is 0 Å². The molecule has 1 saturated heterocycles. The number of anilines is 1. The van der Waals surface area contributed by atoms with Crippen molar-refractivity contribution in [3.8, 4) is 5.75 Å². The number of hydrogen-bond acceptors (Lipinski definition) is 8. The molecule has 3 heterocycles. The first kappa shape index (κ1) is 22.3. The van der Waals surface area contributed by atoms with Gasteiger partial charge in [-0.3, -0.25) is 4.79 Å². The molecule has 0 radical (unpaired) electrons. The number of morpholine rings is 1. The number of carbonyl (C=O) groups excluding carboxylic acids is 1. The Bertz CT molecular complexity index is 1020. The van der Waals surface area contributed by atoms with Gasteiger partial charge in [0.05, 0.1) is 31.3 Å². The Morgan fingerprint density at radius 1 is 1.22 bits per heavy atom. The predicted octanol–water partition coefficient (Wildman–Crippen LogP) is 2.36. The van der Waals surface area contributed by atoms with E-state index in [4.69, 9.17) is 19.4 Å². The van der Waals surface area contributed by atoms with Crippen molar-refractivity contribution in [2.24, 2.45) is 0 Å². The predicted molar refractivity (Wildman–Crippen MR) is 124 cm³/mol. The number of nitrogens with one attached hydrogen (secondary N) is 1. The minimum Gasteiger partial charge on any atom is -0.484 e. The van der Waals surface area contributed by atoms with Crippen molar-refractivity contribution in [3.63, 3.8) is 0 Å². The van der Waals surface area contributed by atoms with Gasteiger partial charge in [0.1, 0.15) is 11.6 Å². The van der Waals surface area contributed by atoms with E-state index in [0.717, 1.165) is 47.3 Å². The second kappa shape index (κ2) is 11.1. The molecule has 3 aromatic rings. The summed E-state index contributed by atoms with van der Waals surface area (Å²) in [5, 5.41) is 9.08. The van der Waals surface area contributed by atoms with E-state index in [2.05, 4.69) is 22.2 Å². The number of benzene rings is 1. The normalized spacial score (nSPS) is 14.0. The average Bonchev–Trinajstić information content (AvgIpc) is 3.25. The van der Waals surface area contributed by atoms with Crippen molar-refractivity contribution in [1.29, 1.82) is 0 Å². The van der Waals surface area contributed by atoms with Crippen LogP contribution < -0.4 is 15.0 Å². The van der Waals surface area contributed by atoms with Crippen LogP contribution in [0.15, 0.2) is 41.7 Å². The van der Waals surface area contributed by atoms with Crippen LogP contribution in [-0.2, 0) is 16.1 Å². The Balaban J connectivity index is 1.42. The van der Waals surface area contributed by atoms with Crippen molar-refractivity contribution in [2.45, 2.75) is 25.0 Å². The summed E-state index contributed by atoms with van der Waals surface area (Å²) < 4.78 is 12.8. The van der Waals surface area contributed by atoms with E-state index in [9.17, 15) is 4.79 Å². The molecule has 1 N–H and O–H groups in total. The van der Waals surface area contributed by atoms with Gasteiger partial charge in [-0.15, -0.1) is 0 Å². The third-order valence-corrected chi connectivity index (χ3v) is 6.01. The number of rotatable bonds is 10. The Morgan fingerprint density at radius 3 is 2.81 bits per heavy atom. The van der Waals surface area contributed by atoms with Gasteiger partial charge < -0.3 is 19.7 Å². The first-order valence-electron chi connectivity index (χ1n) is 10.9. The van der Waals surface area contributed by atoms with Gasteiger partial charge in [0.2, 0.25) is 0 Å². The van der Waals surface area contributed by atoms with Crippen LogP contribution in [0.2, 0.25) is 0 Å². The molecule has 0 bridgehead atoms. The van der Waals surface area contributed by atoms with Crippen molar-refractivity contribution in [3.05, 3.63) is 36.5 Å². The number of thioether (sulfide) groups is 1. The van der Waals surface area contributed by atoms with Gasteiger partial charge in [-0.2, -0.15) is 5.10 Å². The van der Waals surface area contributed by atoms with E-state index in [1.54, 1.807) is 11.8 Å². The van der Waals surface area contributed by atoms with Crippen LogP contribution in [0.25, 0.3) is 11.0 Å². The van der Waals surface area contributed by atoms with Gasteiger partial charge in [0.15, 0.2) is 17.4 Å². The molecule has 9 nitrogen and oxygen atoms in total. The first-order chi connectivity index (χ1) is 15.7. The molecule has 0 saturated carbocycles. The quantitative estimate of drug-likeness (QED) is 0.367. The molecule has 32 heavy (non-hydrogen) atoms. The number of para-hydroxylation sites is 1. The van der Waals surface area contributed by atoms with Gasteiger partial charge in [0, 0.05) is 25.4 Å². The number of hydrogen-bond donors (Lipinski definition) is 1. The summed E-state index contributed by atoms with van der Waals surface area (Å²) in [7, 11) is 0. The summed E-state index contributed by atoms with van der Waals surface area (Å²) in [5.41, 5.74) is 0.787. The number of nitrogens with zero attached hydrogens (tertiary/aromatic N) is 5. The lowest BCUT2D eigenvalue weighted by Gasteiger charge is -2.28. The first-order valence-corrected chi connectivity index (χ1v) is 11.9. The van der Waals surface area contributed by atoms with Crippen molar-refractivity contribution in [1.82, 2.24) is 25.1 Å². The summed E-state index contributed by atoms with van der Waals surface area (Å²) in [4.78, 5) is 23.9. The maximum Gasteiger partial charge on any atom is 0.258 e. The van der Waals surface area contributed by atoms with Crippen LogP contribution in [0, 0.1) is 0 Å². The molecule has 1 aliphatic heterocycles. The number of carbonyl (C=O) groups is 1. The summed E-state index contributed by atoms with van der Waals surface area (Å²) in [6.07, 6.45) is 2.87. The fraction of sp³-hybridized carbons (Fsp3) is 0.455. The summed E-state index contributed by atoms with van der Waals surface area (Å²) >= 11 is 1.65. The van der Waals surface area contributed by atoms with Crippen LogP contribution in [0.3, 0.4) is 0 Å². The molecular weight excluding hydrogens is 428 g/mol. The van der Waals surface area contributed by atoms with Crippen molar-refractivity contribution >= 4 is 34.5 Å². The maximum absolute atomic E-state index is 12.1. The summed E-state index contributed by atoms with van der Waals surface area (Å²) in [5.74, 6) is 2.36. The molecule has 0 atom stereocenters. The van der Waals surface area contributed by atoms with Crippen molar-refractivity contribution < 1.29 is 14.3 Å². The molecule has 170 valence electrons. The lowest BCUT2D eigenvalue weighted by molar-refractivity contribution is -0.123. The van der Waals surface area contributed by atoms with Gasteiger partial charge in [-0.05, 0) is 18.6 Å². The van der Waals surface area contributed by atoms with Gasteiger partial charge in [-0.1, -0.05) is 36.9 Å².